The van der Waals surface area contributed by atoms with Crippen LogP contribution >= 0.6 is 0 Å². The summed E-state index contributed by atoms with van der Waals surface area (Å²) in [5.74, 6) is 5.65. The average molecular weight is 172 g/mol. The van der Waals surface area contributed by atoms with Gasteiger partial charge in [0.1, 0.15) is 0 Å². The van der Waals surface area contributed by atoms with E-state index in [2.05, 4.69) is 11.8 Å². The lowest BCUT2D eigenvalue weighted by Gasteiger charge is -2.19. The Hall–Kier alpha value is -1.75. The molecule has 0 aromatic heterocycles. The molecule has 1 atom stereocenters. The van der Waals surface area contributed by atoms with E-state index in [0.29, 0.717) is 6.42 Å². The molecule has 0 aliphatic carbocycles. The van der Waals surface area contributed by atoms with Crippen molar-refractivity contribution < 1.29 is 9.53 Å². The third-order valence-electron chi connectivity index (χ3n) is 1.78. The van der Waals surface area contributed by atoms with E-state index in [4.69, 9.17) is 4.74 Å². The number of carbonyl (C=O) groups excluding carboxylic acids is 1. The van der Waals surface area contributed by atoms with Gasteiger partial charge in [0.05, 0.1) is 6.42 Å². The number of benzene rings is 1. The quantitative estimate of drug-likeness (QED) is 0.436. The second kappa shape index (κ2) is 3.32. The molecule has 1 aromatic carbocycles. The Morgan fingerprint density at radius 1 is 1.31 bits per heavy atom. The lowest BCUT2D eigenvalue weighted by molar-refractivity contribution is -0.163. The lowest BCUT2D eigenvalue weighted by Crippen LogP contribution is -2.31. The number of hydrogen-bond donors (Lipinski definition) is 0. The molecule has 0 spiro atoms. The topological polar surface area (TPSA) is 26.3 Å². The van der Waals surface area contributed by atoms with Gasteiger partial charge in [0.2, 0.25) is 0 Å². The zero-order chi connectivity index (χ0) is 9.10. The Balaban J connectivity index is 2.01. The van der Waals surface area contributed by atoms with Crippen molar-refractivity contribution in [3.8, 4) is 11.8 Å². The van der Waals surface area contributed by atoms with Crippen LogP contribution < -0.4 is 0 Å². The smallest absolute Gasteiger partial charge is 0.311 e. The molecule has 0 saturated carbocycles. The molecule has 0 amide bonds. The van der Waals surface area contributed by atoms with Crippen LogP contribution in [0.2, 0.25) is 0 Å². The summed E-state index contributed by atoms with van der Waals surface area (Å²) in [6.07, 6.45) is 0.243. The Bertz CT molecular complexity index is 362. The minimum atomic E-state index is -0.187. The van der Waals surface area contributed by atoms with Gasteiger partial charge in [-0.05, 0) is 12.1 Å². The number of carbonyl (C=O) groups is 1. The Morgan fingerprint density at radius 3 is 2.62 bits per heavy atom. The molecule has 1 heterocycles. The van der Waals surface area contributed by atoms with Crippen LogP contribution in [-0.4, -0.2) is 12.1 Å². The number of hydrogen-bond acceptors (Lipinski definition) is 2. The lowest BCUT2D eigenvalue weighted by atomic mass is 10.1. The molecule has 13 heavy (non-hydrogen) atoms. The minimum absolute atomic E-state index is 0.160. The van der Waals surface area contributed by atoms with Gasteiger partial charge in [-0.25, -0.2) is 0 Å². The average Bonchev–Trinajstić information content (AvgIpc) is 2.12. The molecular formula is C11H8O2. The van der Waals surface area contributed by atoms with Crippen molar-refractivity contribution >= 4 is 5.97 Å². The minimum Gasteiger partial charge on any atom is -0.448 e. The SMILES string of the molecule is O=C1CC(C#Cc2ccccc2)O1. The summed E-state index contributed by atoms with van der Waals surface area (Å²) >= 11 is 0. The predicted octanol–water partition coefficient (Wildman–Crippen LogP) is 1.35. The zero-order valence-corrected chi connectivity index (χ0v) is 6.99. The first-order valence-corrected chi connectivity index (χ1v) is 4.11. The molecule has 2 heteroatoms. The van der Waals surface area contributed by atoms with E-state index in [0.717, 1.165) is 5.56 Å². The highest BCUT2D eigenvalue weighted by Gasteiger charge is 2.25. The fourth-order valence-electron chi connectivity index (χ4n) is 1.07. The normalized spacial score (nSPS) is 19.4. The number of esters is 1. The van der Waals surface area contributed by atoms with E-state index in [1.807, 2.05) is 30.3 Å². The molecule has 1 fully saturated rings. The van der Waals surface area contributed by atoms with Crippen LogP contribution in [0.25, 0.3) is 0 Å². The first kappa shape index (κ1) is 7.88. The first-order valence-electron chi connectivity index (χ1n) is 4.11. The summed E-state index contributed by atoms with van der Waals surface area (Å²) in [6, 6.07) is 9.64. The van der Waals surface area contributed by atoms with E-state index in [1.54, 1.807) is 0 Å². The van der Waals surface area contributed by atoms with Crippen LogP contribution in [0.5, 0.6) is 0 Å². The van der Waals surface area contributed by atoms with Crippen molar-refractivity contribution in [3.05, 3.63) is 35.9 Å². The summed E-state index contributed by atoms with van der Waals surface area (Å²) in [7, 11) is 0. The van der Waals surface area contributed by atoms with E-state index in [-0.39, 0.29) is 12.1 Å². The molecule has 0 radical (unpaired) electrons. The number of rotatable bonds is 0. The maximum atomic E-state index is 10.4. The highest BCUT2D eigenvalue weighted by Crippen LogP contribution is 2.11. The molecule has 1 aliphatic rings. The largest absolute Gasteiger partial charge is 0.448 e. The van der Waals surface area contributed by atoms with Gasteiger partial charge in [-0.1, -0.05) is 30.0 Å². The van der Waals surface area contributed by atoms with Gasteiger partial charge in [-0.15, -0.1) is 0 Å². The Morgan fingerprint density at radius 2 is 2.00 bits per heavy atom. The van der Waals surface area contributed by atoms with Crippen molar-refractivity contribution in [2.75, 3.05) is 0 Å². The van der Waals surface area contributed by atoms with Crippen LogP contribution in [0.4, 0.5) is 0 Å². The molecule has 2 nitrogen and oxygen atoms in total. The van der Waals surface area contributed by atoms with E-state index in [9.17, 15) is 4.79 Å². The molecular weight excluding hydrogens is 164 g/mol. The van der Waals surface area contributed by atoms with Gasteiger partial charge >= 0.3 is 5.97 Å². The van der Waals surface area contributed by atoms with E-state index in [1.165, 1.54) is 0 Å². The van der Waals surface area contributed by atoms with Crippen molar-refractivity contribution in [1.29, 1.82) is 0 Å². The predicted molar refractivity (Wildman–Crippen MR) is 47.8 cm³/mol. The molecule has 2 rings (SSSR count). The van der Waals surface area contributed by atoms with Gasteiger partial charge in [0.15, 0.2) is 6.10 Å². The standard InChI is InChI=1S/C11H8O2/c12-11-8-10(13-11)7-6-9-4-2-1-3-5-9/h1-5,10H,8H2. The van der Waals surface area contributed by atoms with Crippen molar-refractivity contribution in [2.24, 2.45) is 0 Å². The van der Waals surface area contributed by atoms with Gasteiger partial charge in [-0.2, -0.15) is 0 Å². The number of cyclic esters (lactones) is 1. The number of ether oxygens (including phenoxy) is 1. The Kier molecular flexibility index (Phi) is 2.01. The second-order valence-electron chi connectivity index (χ2n) is 2.82. The van der Waals surface area contributed by atoms with Crippen molar-refractivity contribution in [2.45, 2.75) is 12.5 Å². The zero-order valence-electron chi connectivity index (χ0n) is 6.99. The van der Waals surface area contributed by atoms with E-state index >= 15 is 0 Å². The summed E-state index contributed by atoms with van der Waals surface area (Å²) < 4.78 is 4.75. The third-order valence-corrected chi connectivity index (χ3v) is 1.78. The van der Waals surface area contributed by atoms with Crippen molar-refractivity contribution in [3.63, 3.8) is 0 Å². The summed E-state index contributed by atoms with van der Waals surface area (Å²) in [5, 5.41) is 0. The van der Waals surface area contributed by atoms with Crippen molar-refractivity contribution in [1.82, 2.24) is 0 Å². The first-order chi connectivity index (χ1) is 6.34. The van der Waals surface area contributed by atoms with Gasteiger partial charge in [0.25, 0.3) is 0 Å². The maximum absolute atomic E-state index is 10.4. The van der Waals surface area contributed by atoms with Gasteiger partial charge in [-0.3, -0.25) is 4.79 Å². The van der Waals surface area contributed by atoms with Crippen LogP contribution in [-0.2, 0) is 9.53 Å². The fraction of sp³-hybridized carbons (Fsp3) is 0.182. The summed E-state index contributed by atoms with van der Waals surface area (Å²) in [6.45, 7) is 0. The van der Waals surface area contributed by atoms with Crippen LogP contribution in [0.1, 0.15) is 12.0 Å². The third kappa shape index (κ3) is 1.88. The molecule has 64 valence electrons. The van der Waals surface area contributed by atoms with E-state index < -0.39 is 0 Å². The highest BCUT2D eigenvalue weighted by atomic mass is 16.6. The van der Waals surface area contributed by atoms with Crippen LogP contribution in [0, 0.1) is 11.8 Å². The summed E-state index contributed by atoms with van der Waals surface area (Å²) in [4.78, 5) is 10.4. The van der Waals surface area contributed by atoms with Gasteiger partial charge < -0.3 is 4.74 Å². The maximum Gasteiger partial charge on any atom is 0.311 e. The Labute approximate surface area is 76.5 Å². The molecule has 1 saturated heterocycles. The molecule has 1 aliphatic heterocycles. The molecule has 1 aromatic rings. The fourth-order valence-corrected chi connectivity index (χ4v) is 1.07. The van der Waals surface area contributed by atoms with Crippen LogP contribution in [0.3, 0.4) is 0 Å². The van der Waals surface area contributed by atoms with Crippen LogP contribution in [0.15, 0.2) is 30.3 Å². The monoisotopic (exact) mass is 172 g/mol. The molecule has 0 bridgehead atoms. The molecule has 0 N–H and O–H groups in total. The highest BCUT2D eigenvalue weighted by molar-refractivity contribution is 5.76. The van der Waals surface area contributed by atoms with Gasteiger partial charge in [0, 0.05) is 5.56 Å². The molecule has 1 unspecified atom stereocenters. The summed E-state index contributed by atoms with van der Waals surface area (Å²) in [5.41, 5.74) is 0.949. The second-order valence-corrected chi connectivity index (χ2v) is 2.82.